The van der Waals surface area contributed by atoms with E-state index in [9.17, 15) is 4.79 Å². The quantitative estimate of drug-likeness (QED) is 0.930. The van der Waals surface area contributed by atoms with Crippen molar-refractivity contribution in [1.29, 1.82) is 0 Å². The highest BCUT2D eigenvalue weighted by molar-refractivity contribution is 5.68. The summed E-state index contributed by atoms with van der Waals surface area (Å²) in [5.41, 5.74) is 8.37. The van der Waals surface area contributed by atoms with Gasteiger partial charge >= 0.3 is 6.09 Å². The number of benzene rings is 1. The Hall–Kier alpha value is -1.55. The predicted molar refractivity (Wildman–Crippen MR) is 82.0 cm³/mol. The average molecular weight is 288 g/mol. The highest BCUT2D eigenvalue weighted by Crippen LogP contribution is 2.39. The van der Waals surface area contributed by atoms with Crippen molar-refractivity contribution in [2.24, 2.45) is 5.73 Å². The fraction of sp³-hybridized carbons (Fsp3) is 0.588. The van der Waals surface area contributed by atoms with Crippen molar-refractivity contribution in [3.05, 3.63) is 35.4 Å². The fourth-order valence-corrected chi connectivity index (χ4v) is 3.01. The number of ether oxygens (including phenoxy) is 1. The lowest BCUT2D eigenvalue weighted by Gasteiger charge is -2.35. The molecule has 0 radical (unpaired) electrons. The predicted octanol–water partition coefficient (Wildman–Crippen LogP) is 3.01. The van der Waals surface area contributed by atoms with E-state index in [2.05, 4.69) is 24.3 Å². The van der Waals surface area contributed by atoms with E-state index in [1.165, 1.54) is 18.4 Å². The number of hydrogen-bond acceptors (Lipinski definition) is 3. The van der Waals surface area contributed by atoms with Crippen LogP contribution < -0.4 is 5.73 Å². The van der Waals surface area contributed by atoms with E-state index in [-0.39, 0.29) is 18.2 Å². The molecular formula is C17H24N2O2. The van der Waals surface area contributed by atoms with Crippen LogP contribution >= 0.6 is 0 Å². The van der Waals surface area contributed by atoms with Gasteiger partial charge in [-0.1, -0.05) is 24.3 Å². The van der Waals surface area contributed by atoms with Gasteiger partial charge in [0.25, 0.3) is 0 Å². The first-order valence-corrected chi connectivity index (χ1v) is 7.91. The van der Waals surface area contributed by atoms with Crippen LogP contribution in [0.3, 0.4) is 0 Å². The molecule has 4 nitrogen and oxygen atoms in total. The monoisotopic (exact) mass is 288 g/mol. The third-order valence-electron chi connectivity index (χ3n) is 4.54. The molecule has 0 aromatic heterocycles. The minimum absolute atomic E-state index is 0.165. The molecule has 1 aromatic rings. The van der Waals surface area contributed by atoms with Gasteiger partial charge in [0.15, 0.2) is 0 Å². The molecule has 2 atom stereocenters. The Balaban J connectivity index is 1.50. The van der Waals surface area contributed by atoms with Gasteiger partial charge in [-0.25, -0.2) is 4.79 Å². The molecule has 1 aliphatic carbocycles. The fourth-order valence-electron chi connectivity index (χ4n) is 3.01. The molecule has 21 heavy (non-hydrogen) atoms. The van der Waals surface area contributed by atoms with Gasteiger partial charge in [-0.05, 0) is 49.7 Å². The average Bonchev–Trinajstić information content (AvgIpc) is 3.30. The maximum absolute atomic E-state index is 12.1. The number of nitrogens with zero attached hydrogens (tertiary/aromatic N) is 1. The molecule has 1 saturated heterocycles. The van der Waals surface area contributed by atoms with Gasteiger partial charge in [0.05, 0.1) is 0 Å². The molecule has 1 heterocycles. The van der Waals surface area contributed by atoms with Crippen molar-refractivity contribution >= 4 is 6.09 Å². The minimum atomic E-state index is -0.222. The highest BCUT2D eigenvalue weighted by Gasteiger charge is 2.28. The van der Waals surface area contributed by atoms with Crippen LogP contribution in [0, 0.1) is 0 Å². The number of piperidine rings is 1. The highest BCUT2D eigenvalue weighted by atomic mass is 16.6. The van der Waals surface area contributed by atoms with E-state index >= 15 is 0 Å². The number of carbonyl (C=O) groups is 1. The Morgan fingerprint density at radius 2 is 2.00 bits per heavy atom. The van der Waals surface area contributed by atoms with E-state index in [1.807, 2.05) is 6.92 Å². The molecular weight excluding hydrogens is 264 g/mol. The van der Waals surface area contributed by atoms with Crippen LogP contribution in [0.25, 0.3) is 0 Å². The first-order chi connectivity index (χ1) is 10.1. The molecule has 3 rings (SSSR count). The van der Waals surface area contributed by atoms with Gasteiger partial charge in [-0.3, -0.25) is 0 Å². The zero-order valence-corrected chi connectivity index (χ0v) is 12.6. The smallest absolute Gasteiger partial charge is 0.410 e. The Morgan fingerprint density at radius 1 is 1.29 bits per heavy atom. The molecule has 2 N–H and O–H groups in total. The number of hydrogen-bond donors (Lipinski definition) is 1. The van der Waals surface area contributed by atoms with Crippen LogP contribution in [-0.4, -0.2) is 29.6 Å². The summed E-state index contributed by atoms with van der Waals surface area (Å²) in [4.78, 5) is 13.9. The van der Waals surface area contributed by atoms with Gasteiger partial charge < -0.3 is 15.4 Å². The van der Waals surface area contributed by atoms with Crippen molar-refractivity contribution in [3.63, 3.8) is 0 Å². The van der Waals surface area contributed by atoms with Gasteiger partial charge in [-0.15, -0.1) is 0 Å². The Labute approximate surface area is 126 Å². The normalized spacial score (nSPS) is 25.7. The summed E-state index contributed by atoms with van der Waals surface area (Å²) in [5.74, 6) is 0.764. The summed E-state index contributed by atoms with van der Waals surface area (Å²) < 4.78 is 5.44. The standard InChI is InChI=1S/C17H24N2O2/c1-12-10-16(18)8-9-19(12)17(20)21-11-13-2-4-14(5-3-13)15-6-7-15/h2-5,12,15-16H,6-11,18H2,1H3. The van der Waals surface area contributed by atoms with E-state index in [1.54, 1.807) is 4.90 Å². The molecule has 2 unspecified atom stereocenters. The largest absolute Gasteiger partial charge is 0.445 e. The minimum Gasteiger partial charge on any atom is -0.445 e. The van der Waals surface area contributed by atoms with Crippen LogP contribution in [0.5, 0.6) is 0 Å². The number of nitrogens with two attached hydrogens (primary N) is 1. The van der Waals surface area contributed by atoms with Gasteiger partial charge in [0.1, 0.15) is 6.61 Å². The second-order valence-electron chi connectivity index (χ2n) is 6.40. The molecule has 1 amide bonds. The molecule has 114 valence electrons. The zero-order valence-electron chi connectivity index (χ0n) is 12.6. The van der Waals surface area contributed by atoms with Gasteiger partial charge in [0.2, 0.25) is 0 Å². The topological polar surface area (TPSA) is 55.6 Å². The van der Waals surface area contributed by atoms with Crippen molar-refractivity contribution < 1.29 is 9.53 Å². The maximum atomic E-state index is 12.1. The molecule has 2 fully saturated rings. The Kier molecular flexibility index (Phi) is 4.15. The lowest BCUT2D eigenvalue weighted by atomic mass is 10.00. The number of likely N-dealkylation sites (tertiary alicyclic amines) is 1. The molecule has 2 aliphatic rings. The summed E-state index contributed by atoms with van der Waals surface area (Å²) >= 11 is 0. The summed E-state index contributed by atoms with van der Waals surface area (Å²) in [7, 11) is 0. The molecule has 1 saturated carbocycles. The van der Waals surface area contributed by atoms with Crippen LogP contribution in [0.2, 0.25) is 0 Å². The Bertz CT molecular complexity index is 496. The number of carbonyl (C=O) groups excluding carboxylic acids is 1. The van der Waals surface area contributed by atoms with E-state index in [0.29, 0.717) is 13.2 Å². The second kappa shape index (κ2) is 6.06. The molecule has 4 heteroatoms. The SMILES string of the molecule is CC1CC(N)CCN1C(=O)OCc1ccc(C2CC2)cc1. The van der Waals surface area contributed by atoms with Crippen molar-refractivity contribution in [2.45, 2.75) is 57.2 Å². The molecule has 0 bridgehead atoms. The van der Waals surface area contributed by atoms with Crippen LogP contribution in [0.15, 0.2) is 24.3 Å². The zero-order chi connectivity index (χ0) is 14.8. The summed E-state index contributed by atoms with van der Waals surface area (Å²) in [6.45, 7) is 3.07. The summed E-state index contributed by atoms with van der Waals surface area (Å²) in [5, 5.41) is 0. The number of amides is 1. The van der Waals surface area contributed by atoms with E-state index in [4.69, 9.17) is 10.5 Å². The maximum Gasteiger partial charge on any atom is 0.410 e. The third-order valence-corrected chi connectivity index (χ3v) is 4.54. The van der Waals surface area contributed by atoms with Crippen molar-refractivity contribution in [2.75, 3.05) is 6.54 Å². The van der Waals surface area contributed by atoms with Crippen LogP contribution in [0.4, 0.5) is 4.79 Å². The van der Waals surface area contributed by atoms with Gasteiger partial charge in [0, 0.05) is 18.6 Å². The first-order valence-electron chi connectivity index (χ1n) is 7.91. The van der Waals surface area contributed by atoms with Crippen LogP contribution in [-0.2, 0) is 11.3 Å². The molecule has 1 aliphatic heterocycles. The van der Waals surface area contributed by atoms with Crippen molar-refractivity contribution in [3.8, 4) is 0 Å². The van der Waals surface area contributed by atoms with E-state index < -0.39 is 0 Å². The van der Waals surface area contributed by atoms with Crippen LogP contribution in [0.1, 0.15) is 49.7 Å². The second-order valence-corrected chi connectivity index (χ2v) is 6.40. The summed E-state index contributed by atoms with van der Waals surface area (Å²) in [6, 6.07) is 8.82. The first kappa shape index (κ1) is 14.4. The molecule has 0 spiro atoms. The van der Waals surface area contributed by atoms with Gasteiger partial charge in [-0.2, -0.15) is 0 Å². The lowest BCUT2D eigenvalue weighted by molar-refractivity contribution is 0.0690. The number of rotatable bonds is 3. The Morgan fingerprint density at radius 3 is 2.62 bits per heavy atom. The third kappa shape index (κ3) is 3.56. The lowest BCUT2D eigenvalue weighted by Crippen LogP contribution is -2.48. The van der Waals surface area contributed by atoms with E-state index in [0.717, 1.165) is 24.3 Å². The van der Waals surface area contributed by atoms with Crippen molar-refractivity contribution in [1.82, 2.24) is 4.90 Å². The molecule has 1 aromatic carbocycles. The summed E-state index contributed by atoms with van der Waals surface area (Å²) in [6.07, 6.45) is 4.11.